The molecule has 0 spiro atoms. The van der Waals surface area contributed by atoms with Gasteiger partial charge in [-0.2, -0.15) is 0 Å². The molecule has 2 heterocycles. The zero-order valence-corrected chi connectivity index (χ0v) is 8.68. The summed E-state index contributed by atoms with van der Waals surface area (Å²) >= 11 is 7.45. The predicted octanol–water partition coefficient (Wildman–Crippen LogP) is 1.44. The van der Waals surface area contributed by atoms with Gasteiger partial charge < -0.3 is 4.90 Å². The molecule has 13 heavy (non-hydrogen) atoms. The van der Waals surface area contributed by atoms with Crippen molar-refractivity contribution in [3.63, 3.8) is 0 Å². The van der Waals surface area contributed by atoms with E-state index in [9.17, 15) is 4.79 Å². The van der Waals surface area contributed by atoms with Gasteiger partial charge in [0.15, 0.2) is 0 Å². The molecule has 2 aliphatic heterocycles. The normalized spacial score (nSPS) is 32.0. The Hall–Kier alpha value is -0.480. The van der Waals surface area contributed by atoms with E-state index >= 15 is 0 Å². The van der Waals surface area contributed by atoms with Crippen LogP contribution in [0.4, 0.5) is 0 Å². The van der Waals surface area contributed by atoms with Crippen LogP contribution in [0.1, 0.15) is 6.92 Å². The number of amides is 1. The lowest BCUT2D eigenvalue weighted by molar-refractivity contribution is -0.128. The van der Waals surface area contributed by atoms with Crippen molar-refractivity contribution in [2.24, 2.45) is 4.99 Å². The molecule has 1 amide bonds. The van der Waals surface area contributed by atoms with Gasteiger partial charge in [0, 0.05) is 12.7 Å². The summed E-state index contributed by atoms with van der Waals surface area (Å²) in [6.07, 6.45) is 1.69. The van der Waals surface area contributed by atoms with Gasteiger partial charge in [-0.15, -0.1) is 0 Å². The summed E-state index contributed by atoms with van der Waals surface area (Å²) in [6, 6.07) is -0.137. The minimum absolute atomic E-state index is 0.111. The van der Waals surface area contributed by atoms with Gasteiger partial charge in [-0.05, 0) is 6.92 Å². The topological polar surface area (TPSA) is 32.7 Å². The highest BCUT2D eigenvalue weighted by atomic mass is 35.5. The van der Waals surface area contributed by atoms with Crippen LogP contribution in [-0.4, -0.2) is 34.2 Å². The van der Waals surface area contributed by atoms with E-state index in [0.29, 0.717) is 11.6 Å². The third kappa shape index (κ3) is 1.38. The molecule has 0 fully saturated rings. The minimum Gasteiger partial charge on any atom is -0.317 e. The fraction of sp³-hybridized carbons (Fsp3) is 0.500. The molecule has 0 aromatic carbocycles. The molecule has 0 bridgehead atoms. The molecule has 70 valence electrons. The Morgan fingerprint density at radius 3 is 3.23 bits per heavy atom. The van der Waals surface area contributed by atoms with Crippen LogP contribution in [-0.2, 0) is 4.79 Å². The molecule has 0 saturated carbocycles. The average Bonchev–Trinajstić information content (AvgIpc) is 2.60. The van der Waals surface area contributed by atoms with Gasteiger partial charge in [0.1, 0.15) is 11.3 Å². The van der Waals surface area contributed by atoms with E-state index in [4.69, 9.17) is 11.6 Å². The predicted molar refractivity (Wildman–Crippen MR) is 55.0 cm³/mol. The maximum atomic E-state index is 11.7. The molecule has 2 unspecified atom stereocenters. The number of carbonyl (C=O) groups excluding carboxylic acids is 1. The highest BCUT2D eigenvalue weighted by molar-refractivity contribution is 8.13. The highest BCUT2D eigenvalue weighted by Crippen LogP contribution is 2.34. The summed E-state index contributed by atoms with van der Waals surface area (Å²) < 4.78 is 0. The molecular weight excluding hydrogens is 208 g/mol. The summed E-state index contributed by atoms with van der Waals surface area (Å²) in [5.41, 5.74) is 1.71. The van der Waals surface area contributed by atoms with Crippen LogP contribution in [0.3, 0.4) is 0 Å². The molecule has 3 nitrogen and oxygen atoms in total. The summed E-state index contributed by atoms with van der Waals surface area (Å²) in [6.45, 7) is 2.60. The Kier molecular flexibility index (Phi) is 2.34. The lowest BCUT2D eigenvalue weighted by Gasteiger charge is -2.28. The minimum atomic E-state index is -0.137. The standard InChI is InChI=1S/C8H9ClN2OS/c1-2-11-3-5(9)6-7(8(11)12)13-4-10-6/h3-4,6-7H,2H2,1H3. The SMILES string of the molecule is CCN1C=C(Cl)C2N=CSC2C1=O. The molecule has 0 saturated heterocycles. The van der Waals surface area contributed by atoms with E-state index in [1.165, 1.54) is 11.8 Å². The third-order valence-electron chi connectivity index (χ3n) is 2.14. The highest BCUT2D eigenvalue weighted by Gasteiger charge is 2.39. The number of thioether (sulfide) groups is 1. The van der Waals surface area contributed by atoms with E-state index in [2.05, 4.69) is 4.99 Å². The van der Waals surface area contributed by atoms with Crippen LogP contribution >= 0.6 is 23.4 Å². The molecule has 0 N–H and O–H groups in total. The van der Waals surface area contributed by atoms with Gasteiger partial charge >= 0.3 is 0 Å². The molecule has 0 radical (unpaired) electrons. The molecular formula is C8H9ClN2OS. The van der Waals surface area contributed by atoms with E-state index in [0.717, 1.165) is 0 Å². The van der Waals surface area contributed by atoms with E-state index in [1.54, 1.807) is 16.6 Å². The van der Waals surface area contributed by atoms with Crippen LogP contribution < -0.4 is 0 Å². The smallest absolute Gasteiger partial charge is 0.242 e. The Bertz CT molecular complexity index is 303. The van der Waals surface area contributed by atoms with Gasteiger partial charge in [-0.1, -0.05) is 23.4 Å². The Labute approximate surface area is 85.8 Å². The zero-order chi connectivity index (χ0) is 9.42. The van der Waals surface area contributed by atoms with Crippen LogP contribution in [0.5, 0.6) is 0 Å². The van der Waals surface area contributed by atoms with Crippen LogP contribution in [0.2, 0.25) is 0 Å². The maximum Gasteiger partial charge on any atom is 0.242 e. The first-order valence-corrected chi connectivity index (χ1v) is 5.41. The van der Waals surface area contributed by atoms with E-state index < -0.39 is 0 Å². The molecule has 0 aromatic heterocycles. The number of aliphatic imine (C=N–C) groups is 1. The first kappa shape index (κ1) is 9.09. The van der Waals surface area contributed by atoms with Crippen LogP contribution in [0, 0.1) is 0 Å². The third-order valence-corrected chi connectivity index (χ3v) is 3.46. The Morgan fingerprint density at radius 1 is 1.77 bits per heavy atom. The van der Waals surface area contributed by atoms with Crippen molar-refractivity contribution in [1.29, 1.82) is 0 Å². The quantitative estimate of drug-likeness (QED) is 0.665. The average molecular weight is 217 g/mol. The van der Waals surface area contributed by atoms with Crippen LogP contribution in [0.25, 0.3) is 0 Å². The van der Waals surface area contributed by atoms with Gasteiger partial charge in [0.2, 0.25) is 5.91 Å². The van der Waals surface area contributed by atoms with Gasteiger partial charge in [-0.3, -0.25) is 9.79 Å². The van der Waals surface area contributed by atoms with Crippen molar-refractivity contribution in [2.45, 2.75) is 18.2 Å². The Morgan fingerprint density at radius 2 is 2.54 bits per heavy atom. The van der Waals surface area contributed by atoms with Gasteiger partial charge in [0.05, 0.1) is 10.6 Å². The molecule has 5 heteroatoms. The maximum absolute atomic E-state index is 11.7. The lowest BCUT2D eigenvalue weighted by Crippen LogP contribution is -2.42. The van der Waals surface area contributed by atoms with Crippen molar-refractivity contribution in [1.82, 2.24) is 4.90 Å². The van der Waals surface area contributed by atoms with E-state index in [-0.39, 0.29) is 17.2 Å². The first-order chi connectivity index (χ1) is 6.24. The second-order valence-electron chi connectivity index (χ2n) is 2.89. The number of carbonyl (C=O) groups is 1. The zero-order valence-electron chi connectivity index (χ0n) is 7.11. The van der Waals surface area contributed by atoms with Gasteiger partial charge in [0.25, 0.3) is 0 Å². The van der Waals surface area contributed by atoms with Crippen molar-refractivity contribution < 1.29 is 4.79 Å². The summed E-state index contributed by atoms with van der Waals surface area (Å²) in [5.74, 6) is 0.111. The lowest BCUT2D eigenvalue weighted by atomic mass is 10.1. The van der Waals surface area contributed by atoms with Crippen molar-refractivity contribution in [3.05, 3.63) is 11.2 Å². The molecule has 2 atom stereocenters. The van der Waals surface area contributed by atoms with Crippen molar-refractivity contribution in [3.8, 4) is 0 Å². The summed E-state index contributed by atoms with van der Waals surface area (Å²) in [5, 5.41) is 0.533. The van der Waals surface area contributed by atoms with Crippen LogP contribution in [0.15, 0.2) is 16.2 Å². The molecule has 2 rings (SSSR count). The second-order valence-corrected chi connectivity index (χ2v) is 4.32. The summed E-state index contributed by atoms with van der Waals surface area (Å²) in [4.78, 5) is 17.5. The second kappa shape index (κ2) is 3.35. The number of hydrogen-bond donors (Lipinski definition) is 0. The number of nitrogens with zero attached hydrogens (tertiary/aromatic N) is 2. The largest absolute Gasteiger partial charge is 0.317 e. The molecule has 0 aliphatic carbocycles. The molecule has 2 aliphatic rings. The monoisotopic (exact) mass is 216 g/mol. The number of hydrogen-bond acceptors (Lipinski definition) is 3. The Balaban J connectivity index is 2.31. The number of fused-ring (bicyclic) bond motifs is 1. The molecule has 0 aromatic rings. The number of rotatable bonds is 1. The fourth-order valence-corrected chi connectivity index (χ4v) is 2.75. The fourth-order valence-electron chi connectivity index (χ4n) is 1.43. The number of halogens is 1. The van der Waals surface area contributed by atoms with E-state index in [1.807, 2.05) is 6.92 Å². The summed E-state index contributed by atoms with van der Waals surface area (Å²) in [7, 11) is 0. The van der Waals surface area contributed by atoms with Gasteiger partial charge in [-0.25, -0.2) is 0 Å². The first-order valence-electron chi connectivity index (χ1n) is 4.09. The van der Waals surface area contributed by atoms with Crippen molar-refractivity contribution >= 4 is 34.8 Å². The van der Waals surface area contributed by atoms with Crippen molar-refractivity contribution in [2.75, 3.05) is 6.54 Å².